The van der Waals surface area contributed by atoms with Gasteiger partial charge in [0, 0.05) is 0 Å². The Kier molecular flexibility index (Phi) is 4.63. The van der Waals surface area contributed by atoms with Gasteiger partial charge in [0.05, 0.1) is 0 Å². The van der Waals surface area contributed by atoms with Crippen molar-refractivity contribution in [1.29, 1.82) is 0 Å². The number of hydrogen-bond donors (Lipinski definition) is 0. The predicted octanol–water partition coefficient (Wildman–Crippen LogP) is 0.508. The van der Waals surface area contributed by atoms with Gasteiger partial charge in [0.25, 0.3) is 0 Å². The molecule has 0 aliphatic carbocycles. The van der Waals surface area contributed by atoms with Gasteiger partial charge in [0.15, 0.2) is 0 Å². The molecule has 1 aromatic carbocycles. The normalized spacial score (nSPS) is 9.80. The zero-order valence-electron chi connectivity index (χ0n) is 8.47. The Morgan fingerprint density at radius 1 is 1.00 bits per heavy atom. The maximum atomic E-state index is 10.8. The van der Waals surface area contributed by atoms with Gasteiger partial charge >= 0.3 is 96.3 Å². The summed E-state index contributed by atoms with van der Waals surface area (Å²) in [5.41, 5.74) is 0. The van der Waals surface area contributed by atoms with E-state index in [1.54, 1.807) is 12.1 Å². The molecule has 0 N–H and O–H groups in total. The number of hydrogen-bond acceptors (Lipinski definition) is 4. The second-order valence-electron chi connectivity index (χ2n) is 2.76. The molecule has 0 atom stereocenters. The molecule has 5 heteroatoms. The first-order valence-electron chi connectivity index (χ1n) is 4.32. The average molecular weight is 317 g/mol. The summed E-state index contributed by atoms with van der Waals surface area (Å²) in [6.07, 6.45) is 0. The molecule has 80 valence electrons. The van der Waals surface area contributed by atoms with Crippen LogP contribution in [0.15, 0.2) is 30.3 Å². The van der Waals surface area contributed by atoms with Crippen molar-refractivity contribution in [3.05, 3.63) is 30.3 Å². The van der Waals surface area contributed by atoms with Crippen LogP contribution in [-0.4, -0.2) is 33.0 Å². The summed E-state index contributed by atoms with van der Waals surface area (Å²) in [5, 5.41) is 0. The summed E-state index contributed by atoms with van der Waals surface area (Å²) in [5.74, 6) is -0.828. The standard InChI is InChI=1S/C6H5.2C2H4O2.Sb/c1-2-4-6-5-3-1;2*1-2(3)4;/h1-5H;2*1H3,(H,3,4);/q;;;+2/p-2. The van der Waals surface area contributed by atoms with Crippen molar-refractivity contribution < 1.29 is 15.6 Å². The van der Waals surface area contributed by atoms with E-state index in [-0.39, 0.29) is 0 Å². The van der Waals surface area contributed by atoms with Crippen LogP contribution in [0.25, 0.3) is 0 Å². The molecule has 15 heavy (non-hydrogen) atoms. The summed E-state index contributed by atoms with van der Waals surface area (Å²) in [7, 11) is 0. The molecule has 1 aromatic rings. The molecular weight excluding hydrogens is 306 g/mol. The van der Waals surface area contributed by atoms with Gasteiger partial charge in [-0.3, -0.25) is 0 Å². The molecule has 0 fully saturated rings. The summed E-state index contributed by atoms with van der Waals surface area (Å²) >= 11 is -2.87. The Bertz CT molecular complexity index is 334. The molecule has 4 nitrogen and oxygen atoms in total. The average Bonchev–Trinajstić information content (AvgIpc) is 2.17. The SMILES string of the molecule is CC(=O)[O][Sb]([O]C(C)=O)[c]1ccccc1. The fourth-order valence-electron chi connectivity index (χ4n) is 0.907. The Morgan fingerprint density at radius 3 is 1.87 bits per heavy atom. The molecule has 0 spiro atoms. The molecule has 1 rings (SSSR count). The van der Waals surface area contributed by atoms with Crippen LogP contribution in [-0.2, 0) is 15.6 Å². The van der Waals surface area contributed by atoms with Gasteiger partial charge in [-0.25, -0.2) is 0 Å². The monoisotopic (exact) mass is 316 g/mol. The quantitative estimate of drug-likeness (QED) is 0.762. The van der Waals surface area contributed by atoms with E-state index in [4.69, 9.17) is 6.03 Å². The summed E-state index contributed by atoms with van der Waals surface area (Å²) in [4.78, 5) is 21.7. The maximum absolute atomic E-state index is 10.8. The van der Waals surface area contributed by atoms with Crippen LogP contribution in [0.4, 0.5) is 0 Å². The van der Waals surface area contributed by atoms with E-state index in [0.717, 1.165) is 3.51 Å². The van der Waals surface area contributed by atoms with Gasteiger partial charge in [0.2, 0.25) is 0 Å². The second kappa shape index (κ2) is 5.76. The van der Waals surface area contributed by atoms with Crippen LogP contribution in [0, 0.1) is 0 Å². The van der Waals surface area contributed by atoms with E-state index >= 15 is 0 Å². The fourth-order valence-corrected chi connectivity index (χ4v) is 4.13. The Labute approximate surface area is 96.3 Å². The van der Waals surface area contributed by atoms with Crippen molar-refractivity contribution in [2.24, 2.45) is 0 Å². The zero-order valence-corrected chi connectivity index (χ0v) is 11.0. The Hall–Kier alpha value is -1.02. The topological polar surface area (TPSA) is 52.6 Å². The van der Waals surface area contributed by atoms with Crippen LogP contribution in [0.3, 0.4) is 0 Å². The van der Waals surface area contributed by atoms with Crippen molar-refractivity contribution in [2.45, 2.75) is 13.8 Å². The summed E-state index contributed by atoms with van der Waals surface area (Å²) < 4.78 is 10.9. The van der Waals surface area contributed by atoms with Gasteiger partial charge in [-0.1, -0.05) is 0 Å². The molecule has 0 bridgehead atoms. The molecule has 0 heterocycles. The minimum absolute atomic E-state index is 0.414. The zero-order chi connectivity index (χ0) is 11.3. The third kappa shape index (κ3) is 4.34. The minimum atomic E-state index is -2.87. The van der Waals surface area contributed by atoms with E-state index in [2.05, 4.69) is 0 Å². The van der Waals surface area contributed by atoms with Crippen molar-refractivity contribution in [1.82, 2.24) is 0 Å². The molecule has 0 aromatic heterocycles. The second-order valence-corrected chi connectivity index (χ2v) is 6.74. The van der Waals surface area contributed by atoms with Crippen molar-refractivity contribution in [2.75, 3.05) is 0 Å². The van der Waals surface area contributed by atoms with E-state index in [0.29, 0.717) is 0 Å². The first-order valence-corrected chi connectivity index (χ1v) is 7.68. The van der Waals surface area contributed by atoms with Gasteiger partial charge in [-0.15, -0.1) is 0 Å². The van der Waals surface area contributed by atoms with E-state index in [1.165, 1.54) is 13.8 Å². The van der Waals surface area contributed by atoms with Gasteiger partial charge < -0.3 is 0 Å². The third-order valence-electron chi connectivity index (χ3n) is 1.39. The number of benzene rings is 1. The predicted molar refractivity (Wildman–Crippen MR) is 55.4 cm³/mol. The molecule has 0 aliphatic heterocycles. The molecular formula is C10H11O4Sb. The van der Waals surface area contributed by atoms with Crippen LogP contribution in [0.1, 0.15) is 13.8 Å². The van der Waals surface area contributed by atoms with Crippen molar-refractivity contribution in [3.8, 4) is 0 Å². The van der Waals surface area contributed by atoms with Crippen LogP contribution < -0.4 is 3.51 Å². The number of rotatable bonds is 3. The first-order chi connectivity index (χ1) is 7.09. The fraction of sp³-hybridized carbons (Fsp3) is 0.200. The Morgan fingerprint density at radius 2 is 1.47 bits per heavy atom. The molecule has 0 amide bonds. The third-order valence-corrected chi connectivity index (χ3v) is 5.86. The summed E-state index contributed by atoms with van der Waals surface area (Å²) in [6, 6.07) is 9.09. The van der Waals surface area contributed by atoms with Crippen LogP contribution in [0.2, 0.25) is 0 Å². The Balaban J connectivity index is 2.81. The van der Waals surface area contributed by atoms with Crippen LogP contribution >= 0.6 is 0 Å². The molecule has 0 unspecified atom stereocenters. The van der Waals surface area contributed by atoms with Gasteiger partial charge in [-0.2, -0.15) is 0 Å². The van der Waals surface area contributed by atoms with E-state index in [9.17, 15) is 9.59 Å². The molecule has 0 saturated carbocycles. The first kappa shape index (κ1) is 12.0. The molecule has 0 aliphatic rings. The van der Waals surface area contributed by atoms with Crippen LogP contribution in [0.5, 0.6) is 0 Å². The number of carbonyl (C=O) groups is 2. The van der Waals surface area contributed by atoms with E-state index in [1.807, 2.05) is 18.2 Å². The van der Waals surface area contributed by atoms with E-state index < -0.39 is 33.0 Å². The van der Waals surface area contributed by atoms with Gasteiger partial charge in [-0.05, 0) is 0 Å². The molecule has 0 saturated heterocycles. The summed E-state index contributed by atoms with van der Waals surface area (Å²) in [6.45, 7) is 2.62. The van der Waals surface area contributed by atoms with Crippen molar-refractivity contribution in [3.63, 3.8) is 0 Å². The molecule has 0 radical (unpaired) electrons. The number of carbonyl (C=O) groups excluding carboxylic acids is 2. The van der Waals surface area contributed by atoms with Gasteiger partial charge in [0.1, 0.15) is 0 Å². The van der Waals surface area contributed by atoms with Crippen molar-refractivity contribution >= 4 is 36.5 Å².